The molecule has 0 fully saturated rings. The third-order valence-electron chi connectivity index (χ3n) is 2.90. The van der Waals surface area contributed by atoms with E-state index in [1.54, 1.807) is 14.2 Å². The smallest absolute Gasteiger partial charge is 0.330 e. The predicted molar refractivity (Wildman–Crippen MR) is 75.8 cm³/mol. The van der Waals surface area contributed by atoms with Crippen LogP contribution in [0.2, 0.25) is 0 Å². The maximum atomic E-state index is 11.0. The van der Waals surface area contributed by atoms with E-state index in [1.807, 2.05) is 6.92 Å². The van der Waals surface area contributed by atoms with E-state index in [4.69, 9.17) is 9.47 Å². The van der Waals surface area contributed by atoms with Gasteiger partial charge in [0.05, 0.1) is 7.11 Å². The third-order valence-corrected chi connectivity index (χ3v) is 2.90. The fourth-order valence-electron chi connectivity index (χ4n) is 1.66. The van der Waals surface area contributed by atoms with Crippen LogP contribution in [-0.2, 0) is 19.0 Å². The van der Waals surface area contributed by atoms with Crippen LogP contribution in [0.1, 0.15) is 39.5 Å². The Hall–Kier alpha value is -1.13. The summed E-state index contributed by atoms with van der Waals surface area (Å²) < 4.78 is 14.9. The van der Waals surface area contributed by atoms with E-state index in [9.17, 15) is 4.79 Å². The highest BCUT2D eigenvalue weighted by Gasteiger charge is 2.04. The normalized spacial score (nSPS) is 12.9. The standard InChI is InChI=1S/C15H26O4/c1-12(9-10-15(18-4)19-5)7-6-8-13(2)11-14(16)17-3/h7,11,15H,6,8-10H2,1-5H3/b12-7+,13-11+. The Bertz CT molecular complexity index is 314. The SMILES string of the molecule is COC(=O)/C=C(\C)CC/C=C(\C)CCC(OC)OC. The lowest BCUT2D eigenvalue weighted by Gasteiger charge is -2.12. The minimum absolute atomic E-state index is 0.135. The van der Waals surface area contributed by atoms with Crippen molar-refractivity contribution in [3.63, 3.8) is 0 Å². The van der Waals surface area contributed by atoms with E-state index in [1.165, 1.54) is 18.8 Å². The number of hydrogen-bond donors (Lipinski definition) is 0. The lowest BCUT2D eigenvalue weighted by molar-refractivity contribution is -0.134. The van der Waals surface area contributed by atoms with Crippen LogP contribution in [-0.4, -0.2) is 33.6 Å². The van der Waals surface area contributed by atoms with Crippen LogP contribution in [0.3, 0.4) is 0 Å². The van der Waals surface area contributed by atoms with E-state index in [2.05, 4.69) is 17.7 Å². The molecule has 0 aromatic rings. The van der Waals surface area contributed by atoms with Crippen molar-refractivity contribution in [1.29, 1.82) is 0 Å². The summed E-state index contributed by atoms with van der Waals surface area (Å²) in [6.07, 6.45) is 7.19. The van der Waals surface area contributed by atoms with E-state index < -0.39 is 0 Å². The van der Waals surface area contributed by atoms with Crippen molar-refractivity contribution in [2.75, 3.05) is 21.3 Å². The maximum Gasteiger partial charge on any atom is 0.330 e. The average Bonchev–Trinajstić information content (AvgIpc) is 2.39. The molecule has 0 unspecified atom stereocenters. The Balaban J connectivity index is 3.99. The summed E-state index contributed by atoms with van der Waals surface area (Å²) in [5.41, 5.74) is 2.34. The van der Waals surface area contributed by atoms with E-state index >= 15 is 0 Å². The van der Waals surface area contributed by atoms with Crippen molar-refractivity contribution in [1.82, 2.24) is 0 Å². The first-order valence-electron chi connectivity index (χ1n) is 6.49. The summed E-state index contributed by atoms with van der Waals surface area (Å²) >= 11 is 0. The quantitative estimate of drug-likeness (QED) is 0.279. The lowest BCUT2D eigenvalue weighted by atomic mass is 10.1. The Morgan fingerprint density at radius 3 is 2.21 bits per heavy atom. The molecule has 0 aromatic heterocycles. The lowest BCUT2D eigenvalue weighted by Crippen LogP contribution is -2.12. The number of carbonyl (C=O) groups excluding carboxylic acids is 1. The molecule has 19 heavy (non-hydrogen) atoms. The number of carbonyl (C=O) groups is 1. The number of allylic oxidation sites excluding steroid dienone is 3. The van der Waals surface area contributed by atoms with Crippen molar-refractivity contribution < 1.29 is 19.0 Å². The summed E-state index contributed by atoms with van der Waals surface area (Å²) in [7, 11) is 4.68. The fraction of sp³-hybridized carbons (Fsp3) is 0.667. The Kier molecular flexibility index (Phi) is 10.1. The highest BCUT2D eigenvalue weighted by molar-refractivity contribution is 5.82. The van der Waals surface area contributed by atoms with Crippen LogP contribution < -0.4 is 0 Å². The van der Waals surface area contributed by atoms with Crippen LogP contribution in [0, 0.1) is 0 Å². The highest BCUT2D eigenvalue weighted by Crippen LogP contribution is 2.12. The summed E-state index contributed by atoms with van der Waals surface area (Å²) in [6.45, 7) is 4.04. The Labute approximate surface area is 116 Å². The van der Waals surface area contributed by atoms with Crippen LogP contribution in [0.25, 0.3) is 0 Å². The van der Waals surface area contributed by atoms with Crippen molar-refractivity contribution in [3.8, 4) is 0 Å². The Morgan fingerprint density at radius 2 is 1.68 bits per heavy atom. The van der Waals surface area contributed by atoms with Gasteiger partial charge in [0.15, 0.2) is 6.29 Å². The molecule has 0 atom stereocenters. The molecule has 4 nitrogen and oxygen atoms in total. The van der Waals surface area contributed by atoms with Crippen molar-refractivity contribution in [2.45, 2.75) is 45.8 Å². The largest absolute Gasteiger partial charge is 0.466 e. The zero-order valence-corrected chi connectivity index (χ0v) is 12.7. The van der Waals surface area contributed by atoms with Crippen molar-refractivity contribution in [3.05, 3.63) is 23.3 Å². The highest BCUT2D eigenvalue weighted by atomic mass is 16.7. The summed E-state index contributed by atoms with van der Waals surface area (Å²) in [5.74, 6) is -0.291. The Morgan fingerprint density at radius 1 is 1.05 bits per heavy atom. The zero-order valence-electron chi connectivity index (χ0n) is 12.7. The molecule has 0 heterocycles. The summed E-state index contributed by atoms with van der Waals surface area (Å²) in [6, 6.07) is 0. The molecule has 0 radical (unpaired) electrons. The van der Waals surface area contributed by atoms with Crippen LogP contribution >= 0.6 is 0 Å². The summed E-state index contributed by atoms with van der Waals surface area (Å²) in [5, 5.41) is 0. The van der Waals surface area contributed by atoms with Gasteiger partial charge in [0.25, 0.3) is 0 Å². The third kappa shape index (κ3) is 9.45. The average molecular weight is 270 g/mol. The van der Waals surface area contributed by atoms with Gasteiger partial charge in [0, 0.05) is 26.7 Å². The zero-order chi connectivity index (χ0) is 14.7. The second kappa shape index (κ2) is 10.8. The van der Waals surface area contributed by atoms with Crippen LogP contribution in [0.4, 0.5) is 0 Å². The van der Waals surface area contributed by atoms with Gasteiger partial charge in [-0.05, 0) is 33.1 Å². The van der Waals surface area contributed by atoms with Gasteiger partial charge < -0.3 is 14.2 Å². The molecule has 0 saturated carbocycles. The molecule has 0 saturated heterocycles. The van der Waals surface area contributed by atoms with Gasteiger partial charge in [-0.3, -0.25) is 0 Å². The molecule has 0 spiro atoms. The number of hydrogen-bond acceptors (Lipinski definition) is 4. The maximum absolute atomic E-state index is 11.0. The molecule has 0 aromatic carbocycles. The second-order valence-electron chi connectivity index (χ2n) is 4.54. The van der Waals surface area contributed by atoms with Gasteiger partial charge in [-0.2, -0.15) is 0 Å². The van der Waals surface area contributed by atoms with Gasteiger partial charge in [0.1, 0.15) is 0 Å². The molecule has 0 aliphatic heterocycles. The predicted octanol–water partition coefficient (Wildman–Crippen LogP) is 3.23. The first-order valence-corrected chi connectivity index (χ1v) is 6.49. The molecule has 0 amide bonds. The molecule has 4 heteroatoms. The van der Waals surface area contributed by atoms with E-state index in [-0.39, 0.29) is 12.3 Å². The first-order chi connectivity index (χ1) is 9.03. The summed E-state index contributed by atoms with van der Waals surface area (Å²) in [4.78, 5) is 11.0. The molecule has 0 N–H and O–H groups in total. The molecule has 0 bridgehead atoms. The van der Waals surface area contributed by atoms with Crippen molar-refractivity contribution >= 4 is 5.97 Å². The number of ether oxygens (including phenoxy) is 3. The minimum atomic E-state index is -0.291. The topological polar surface area (TPSA) is 44.8 Å². The van der Waals surface area contributed by atoms with Gasteiger partial charge in [-0.15, -0.1) is 0 Å². The van der Waals surface area contributed by atoms with Crippen LogP contribution in [0.15, 0.2) is 23.3 Å². The van der Waals surface area contributed by atoms with Gasteiger partial charge in [-0.1, -0.05) is 17.2 Å². The number of methoxy groups -OCH3 is 3. The molecule has 110 valence electrons. The number of esters is 1. The minimum Gasteiger partial charge on any atom is -0.466 e. The van der Waals surface area contributed by atoms with E-state index in [0.717, 1.165) is 31.3 Å². The molecule has 0 aliphatic rings. The second-order valence-corrected chi connectivity index (χ2v) is 4.54. The number of rotatable bonds is 9. The first kappa shape index (κ1) is 17.9. The molecular formula is C15H26O4. The molecule has 0 rings (SSSR count). The van der Waals surface area contributed by atoms with Crippen LogP contribution in [0.5, 0.6) is 0 Å². The molecular weight excluding hydrogens is 244 g/mol. The van der Waals surface area contributed by atoms with Gasteiger partial charge in [0.2, 0.25) is 0 Å². The van der Waals surface area contributed by atoms with E-state index in [0.29, 0.717) is 0 Å². The monoisotopic (exact) mass is 270 g/mol. The fourth-order valence-corrected chi connectivity index (χ4v) is 1.66. The van der Waals surface area contributed by atoms with Gasteiger partial charge in [-0.25, -0.2) is 4.79 Å². The molecule has 0 aliphatic carbocycles. The van der Waals surface area contributed by atoms with Gasteiger partial charge >= 0.3 is 5.97 Å². The van der Waals surface area contributed by atoms with Crippen molar-refractivity contribution in [2.24, 2.45) is 0 Å².